The lowest BCUT2D eigenvalue weighted by molar-refractivity contribution is 0.0947. The molecule has 2 rings (SSSR count). The predicted octanol–water partition coefficient (Wildman–Crippen LogP) is 0.744. The number of hydrogen-bond donors (Lipinski definition) is 3. The third kappa shape index (κ3) is 3.68. The van der Waals surface area contributed by atoms with Crippen LogP contribution < -0.4 is 10.8 Å². The largest absolute Gasteiger partial charge is 0.491 e. The van der Waals surface area contributed by atoms with Crippen molar-refractivity contribution in [2.45, 2.75) is 13.5 Å². The molecule has 21 heavy (non-hydrogen) atoms. The van der Waals surface area contributed by atoms with Crippen molar-refractivity contribution >= 4 is 18.5 Å². The molecular formula is C15H15BFNO3. The highest BCUT2D eigenvalue weighted by Crippen LogP contribution is 2.07. The van der Waals surface area contributed by atoms with Gasteiger partial charge in [-0.1, -0.05) is 42.0 Å². The molecule has 2 aromatic carbocycles. The molecule has 4 nitrogen and oxygen atoms in total. The van der Waals surface area contributed by atoms with Crippen molar-refractivity contribution in [1.82, 2.24) is 5.32 Å². The molecule has 108 valence electrons. The smallest absolute Gasteiger partial charge is 0.423 e. The summed E-state index contributed by atoms with van der Waals surface area (Å²) in [5, 5.41) is 20.7. The number of amides is 1. The lowest BCUT2D eigenvalue weighted by Gasteiger charge is -2.09. The molecular weight excluding hydrogens is 272 g/mol. The second-order valence-corrected chi connectivity index (χ2v) is 4.75. The van der Waals surface area contributed by atoms with Crippen LogP contribution in [0.5, 0.6) is 0 Å². The van der Waals surface area contributed by atoms with Crippen molar-refractivity contribution in [3.05, 3.63) is 65.0 Å². The summed E-state index contributed by atoms with van der Waals surface area (Å²) in [5.74, 6) is -1.52. The van der Waals surface area contributed by atoms with Crippen LogP contribution in [0.3, 0.4) is 0 Å². The Morgan fingerprint density at radius 1 is 1.19 bits per heavy atom. The molecule has 3 N–H and O–H groups in total. The van der Waals surface area contributed by atoms with Crippen LogP contribution in [-0.2, 0) is 6.54 Å². The minimum Gasteiger partial charge on any atom is -0.423 e. The van der Waals surface area contributed by atoms with E-state index in [0.717, 1.165) is 11.1 Å². The van der Waals surface area contributed by atoms with Crippen molar-refractivity contribution in [3.63, 3.8) is 0 Å². The summed E-state index contributed by atoms with van der Waals surface area (Å²) in [7, 11) is -1.95. The number of halogens is 1. The Morgan fingerprint density at radius 3 is 2.48 bits per heavy atom. The Kier molecular flexibility index (Phi) is 4.72. The Hall–Kier alpha value is -2.18. The topological polar surface area (TPSA) is 69.6 Å². The maximum Gasteiger partial charge on any atom is 0.491 e. The summed E-state index contributed by atoms with van der Waals surface area (Å²) >= 11 is 0. The number of benzene rings is 2. The van der Waals surface area contributed by atoms with Gasteiger partial charge in [0.25, 0.3) is 5.91 Å². The SMILES string of the molecule is Cc1ccc(CNC(=O)c2cccc(B(O)O)c2F)cc1. The first-order valence-electron chi connectivity index (χ1n) is 6.47. The van der Waals surface area contributed by atoms with E-state index in [1.165, 1.54) is 18.2 Å². The van der Waals surface area contributed by atoms with E-state index in [-0.39, 0.29) is 17.6 Å². The fraction of sp³-hybridized carbons (Fsp3) is 0.133. The van der Waals surface area contributed by atoms with E-state index in [2.05, 4.69) is 5.32 Å². The average molecular weight is 287 g/mol. The Balaban J connectivity index is 2.10. The minimum atomic E-state index is -1.95. The zero-order chi connectivity index (χ0) is 15.4. The minimum absolute atomic E-state index is 0.215. The van der Waals surface area contributed by atoms with E-state index in [0.29, 0.717) is 0 Å². The van der Waals surface area contributed by atoms with Gasteiger partial charge in [0.1, 0.15) is 5.82 Å². The lowest BCUT2D eigenvalue weighted by atomic mass is 9.79. The molecule has 0 fully saturated rings. The monoisotopic (exact) mass is 287 g/mol. The number of hydrogen-bond acceptors (Lipinski definition) is 3. The van der Waals surface area contributed by atoms with E-state index in [9.17, 15) is 9.18 Å². The third-order valence-electron chi connectivity index (χ3n) is 3.13. The van der Waals surface area contributed by atoms with Crippen LogP contribution in [0.15, 0.2) is 42.5 Å². The van der Waals surface area contributed by atoms with Crippen molar-refractivity contribution in [3.8, 4) is 0 Å². The molecule has 0 aliphatic carbocycles. The first kappa shape index (κ1) is 15.2. The number of aryl methyl sites for hydroxylation is 1. The second-order valence-electron chi connectivity index (χ2n) is 4.75. The molecule has 2 aromatic rings. The Bertz CT molecular complexity index is 644. The van der Waals surface area contributed by atoms with Crippen molar-refractivity contribution in [2.75, 3.05) is 0 Å². The fourth-order valence-electron chi connectivity index (χ4n) is 1.91. The number of carbonyl (C=O) groups excluding carboxylic acids is 1. The third-order valence-corrected chi connectivity index (χ3v) is 3.13. The summed E-state index contributed by atoms with van der Waals surface area (Å²) in [4.78, 5) is 12.0. The van der Waals surface area contributed by atoms with Gasteiger partial charge in [-0.05, 0) is 18.6 Å². The quantitative estimate of drug-likeness (QED) is 0.727. The van der Waals surface area contributed by atoms with Crippen LogP contribution in [0.25, 0.3) is 0 Å². The Morgan fingerprint density at radius 2 is 1.86 bits per heavy atom. The normalized spacial score (nSPS) is 10.3. The molecule has 0 bridgehead atoms. The molecule has 0 saturated carbocycles. The van der Waals surface area contributed by atoms with E-state index < -0.39 is 18.8 Å². The molecule has 0 saturated heterocycles. The molecule has 0 atom stereocenters. The molecule has 0 unspecified atom stereocenters. The summed E-state index contributed by atoms with van der Waals surface area (Å²) < 4.78 is 14.0. The van der Waals surface area contributed by atoms with Crippen LogP contribution >= 0.6 is 0 Å². The molecule has 6 heteroatoms. The number of carbonyl (C=O) groups is 1. The molecule has 0 aliphatic heterocycles. The van der Waals surface area contributed by atoms with Gasteiger partial charge in [-0.15, -0.1) is 0 Å². The zero-order valence-electron chi connectivity index (χ0n) is 11.5. The van der Waals surface area contributed by atoms with Gasteiger partial charge in [0.05, 0.1) is 5.56 Å². The van der Waals surface area contributed by atoms with E-state index in [4.69, 9.17) is 10.0 Å². The van der Waals surface area contributed by atoms with E-state index >= 15 is 0 Å². The fourth-order valence-corrected chi connectivity index (χ4v) is 1.91. The average Bonchev–Trinajstić information content (AvgIpc) is 2.46. The van der Waals surface area contributed by atoms with Crippen molar-refractivity contribution in [1.29, 1.82) is 0 Å². The van der Waals surface area contributed by atoms with Crippen molar-refractivity contribution in [2.24, 2.45) is 0 Å². The van der Waals surface area contributed by atoms with E-state index in [1.807, 2.05) is 31.2 Å². The number of rotatable bonds is 4. The van der Waals surface area contributed by atoms with Gasteiger partial charge < -0.3 is 15.4 Å². The highest BCUT2D eigenvalue weighted by molar-refractivity contribution is 6.58. The molecule has 1 amide bonds. The summed E-state index contributed by atoms with van der Waals surface area (Å²) in [5.41, 5.74) is 1.47. The molecule has 0 spiro atoms. The first-order chi connectivity index (χ1) is 9.99. The summed E-state index contributed by atoms with van der Waals surface area (Å²) in [6.07, 6.45) is 0. The summed E-state index contributed by atoms with van der Waals surface area (Å²) in [6.45, 7) is 2.23. The van der Waals surface area contributed by atoms with Gasteiger partial charge >= 0.3 is 7.12 Å². The Labute approximate surface area is 122 Å². The molecule has 0 radical (unpaired) electrons. The molecule has 0 heterocycles. The van der Waals surface area contributed by atoms with Gasteiger partial charge in [-0.25, -0.2) is 4.39 Å². The highest BCUT2D eigenvalue weighted by atomic mass is 19.1. The molecule has 0 aliphatic rings. The van der Waals surface area contributed by atoms with Gasteiger partial charge in [0, 0.05) is 12.0 Å². The van der Waals surface area contributed by atoms with Crippen LogP contribution in [0.4, 0.5) is 4.39 Å². The van der Waals surface area contributed by atoms with Gasteiger partial charge in [-0.3, -0.25) is 4.79 Å². The first-order valence-corrected chi connectivity index (χ1v) is 6.47. The predicted molar refractivity (Wildman–Crippen MR) is 78.6 cm³/mol. The lowest BCUT2D eigenvalue weighted by Crippen LogP contribution is -2.35. The van der Waals surface area contributed by atoms with Crippen LogP contribution in [0.1, 0.15) is 21.5 Å². The standard InChI is InChI=1S/C15H15BFNO3/c1-10-5-7-11(8-6-10)9-18-15(19)12-3-2-4-13(14(12)17)16(20)21/h2-8,20-21H,9H2,1H3,(H,18,19). The van der Waals surface area contributed by atoms with Crippen LogP contribution in [0.2, 0.25) is 0 Å². The summed E-state index contributed by atoms with van der Waals surface area (Å²) in [6, 6.07) is 11.5. The maximum atomic E-state index is 14.0. The number of nitrogens with one attached hydrogen (secondary N) is 1. The van der Waals surface area contributed by atoms with Crippen molar-refractivity contribution < 1.29 is 19.2 Å². The van der Waals surface area contributed by atoms with E-state index in [1.54, 1.807) is 0 Å². The maximum absolute atomic E-state index is 14.0. The van der Waals surface area contributed by atoms with Crippen LogP contribution in [0, 0.1) is 12.7 Å². The van der Waals surface area contributed by atoms with Gasteiger partial charge in [0.2, 0.25) is 0 Å². The molecule has 0 aromatic heterocycles. The second kappa shape index (κ2) is 6.52. The van der Waals surface area contributed by atoms with Gasteiger partial charge in [0.15, 0.2) is 0 Å². The van der Waals surface area contributed by atoms with Crippen LogP contribution in [-0.4, -0.2) is 23.1 Å². The van der Waals surface area contributed by atoms with Gasteiger partial charge in [-0.2, -0.15) is 0 Å². The highest BCUT2D eigenvalue weighted by Gasteiger charge is 2.21. The zero-order valence-corrected chi connectivity index (χ0v) is 11.5.